The summed E-state index contributed by atoms with van der Waals surface area (Å²) in [6.07, 6.45) is 0. The topological polar surface area (TPSA) is 17.8 Å². The smallest absolute Gasteiger partial charge is 0.131 e. The Balaban J connectivity index is 1.70. The van der Waals surface area contributed by atoms with Gasteiger partial charge in [0.2, 0.25) is 0 Å². The van der Waals surface area contributed by atoms with Crippen LogP contribution in [-0.4, -0.2) is 9.78 Å². The average Bonchev–Trinajstić information content (AvgIpc) is 2.88. The van der Waals surface area contributed by atoms with Crippen molar-refractivity contribution in [3.8, 4) is 0 Å². The standard InChI is InChI=1S/C20H21ClN2S2/c1-14-4-8-16(9-5-14)24-12-18-19(22-23(3)20(18)21)13-25-17-10-6-15(2)7-11-17/h4-11H,12-13H2,1-3H3. The Labute approximate surface area is 163 Å². The molecule has 3 aromatic rings. The molecule has 2 nitrogen and oxygen atoms in total. The highest BCUT2D eigenvalue weighted by Crippen LogP contribution is 2.32. The molecule has 0 unspecified atom stereocenters. The van der Waals surface area contributed by atoms with Gasteiger partial charge < -0.3 is 0 Å². The minimum atomic E-state index is 0.735. The average molecular weight is 389 g/mol. The Morgan fingerprint density at radius 3 is 1.84 bits per heavy atom. The van der Waals surface area contributed by atoms with E-state index in [0.29, 0.717) is 0 Å². The molecule has 0 N–H and O–H groups in total. The summed E-state index contributed by atoms with van der Waals surface area (Å²) < 4.78 is 1.78. The van der Waals surface area contributed by atoms with Gasteiger partial charge in [-0.1, -0.05) is 47.0 Å². The summed E-state index contributed by atoms with van der Waals surface area (Å²) in [6.45, 7) is 4.21. The molecule has 5 heteroatoms. The van der Waals surface area contributed by atoms with Crippen molar-refractivity contribution in [2.75, 3.05) is 0 Å². The highest BCUT2D eigenvalue weighted by molar-refractivity contribution is 7.99. The highest BCUT2D eigenvalue weighted by atomic mass is 35.5. The lowest BCUT2D eigenvalue weighted by Crippen LogP contribution is -1.91. The molecule has 25 heavy (non-hydrogen) atoms. The van der Waals surface area contributed by atoms with Crippen molar-refractivity contribution in [3.05, 3.63) is 76.1 Å². The van der Waals surface area contributed by atoms with Crippen molar-refractivity contribution in [2.24, 2.45) is 7.05 Å². The van der Waals surface area contributed by atoms with Crippen LogP contribution < -0.4 is 0 Å². The van der Waals surface area contributed by atoms with E-state index in [1.54, 1.807) is 28.2 Å². The van der Waals surface area contributed by atoms with Crippen LogP contribution in [0.3, 0.4) is 0 Å². The second-order valence-corrected chi connectivity index (χ2v) is 8.50. The van der Waals surface area contributed by atoms with Crippen LogP contribution in [0.2, 0.25) is 5.15 Å². The molecule has 2 aromatic carbocycles. The fourth-order valence-electron chi connectivity index (χ4n) is 2.43. The van der Waals surface area contributed by atoms with Gasteiger partial charge in [0.15, 0.2) is 0 Å². The monoisotopic (exact) mass is 388 g/mol. The number of benzene rings is 2. The Morgan fingerprint density at radius 1 is 0.840 bits per heavy atom. The van der Waals surface area contributed by atoms with Crippen molar-refractivity contribution >= 4 is 35.1 Å². The van der Waals surface area contributed by atoms with E-state index in [2.05, 4.69) is 67.5 Å². The van der Waals surface area contributed by atoms with Crippen molar-refractivity contribution in [1.82, 2.24) is 9.78 Å². The van der Waals surface area contributed by atoms with Crippen LogP contribution in [0.15, 0.2) is 58.3 Å². The molecule has 0 saturated heterocycles. The molecule has 0 saturated carbocycles. The van der Waals surface area contributed by atoms with Crippen molar-refractivity contribution < 1.29 is 0 Å². The third-order valence-electron chi connectivity index (χ3n) is 3.95. The van der Waals surface area contributed by atoms with Gasteiger partial charge in [0.1, 0.15) is 5.15 Å². The molecule has 0 amide bonds. The lowest BCUT2D eigenvalue weighted by Gasteiger charge is -2.05. The third-order valence-corrected chi connectivity index (χ3v) is 6.49. The van der Waals surface area contributed by atoms with Gasteiger partial charge in [-0.15, -0.1) is 23.5 Å². The van der Waals surface area contributed by atoms with Gasteiger partial charge in [-0.05, 0) is 38.1 Å². The maximum Gasteiger partial charge on any atom is 0.131 e. The van der Waals surface area contributed by atoms with Crippen LogP contribution in [0.1, 0.15) is 22.4 Å². The fourth-order valence-corrected chi connectivity index (χ4v) is 4.53. The quantitative estimate of drug-likeness (QED) is 0.463. The van der Waals surface area contributed by atoms with Crippen LogP contribution in [0.4, 0.5) is 0 Å². The van der Waals surface area contributed by atoms with E-state index < -0.39 is 0 Å². The minimum Gasteiger partial charge on any atom is -0.256 e. The Hall–Kier alpha value is -1.36. The Kier molecular flexibility index (Phi) is 6.15. The van der Waals surface area contributed by atoms with Crippen LogP contribution >= 0.6 is 35.1 Å². The molecule has 0 aliphatic carbocycles. The lowest BCUT2D eigenvalue weighted by atomic mass is 10.2. The van der Waals surface area contributed by atoms with Gasteiger partial charge in [-0.25, -0.2) is 0 Å². The molecular weight excluding hydrogens is 368 g/mol. The predicted molar refractivity (Wildman–Crippen MR) is 110 cm³/mol. The van der Waals surface area contributed by atoms with E-state index in [9.17, 15) is 0 Å². The Morgan fingerprint density at radius 2 is 1.32 bits per heavy atom. The first-order chi connectivity index (χ1) is 12.0. The summed E-state index contributed by atoms with van der Waals surface area (Å²) in [6, 6.07) is 17.2. The normalized spacial score (nSPS) is 11.0. The lowest BCUT2D eigenvalue weighted by molar-refractivity contribution is 0.755. The largest absolute Gasteiger partial charge is 0.256 e. The molecule has 0 fully saturated rings. The van der Waals surface area contributed by atoms with E-state index in [0.717, 1.165) is 27.9 Å². The summed E-state index contributed by atoms with van der Waals surface area (Å²) in [4.78, 5) is 2.51. The fraction of sp³-hybridized carbons (Fsp3) is 0.250. The number of hydrogen-bond donors (Lipinski definition) is 0. The van der Waals surface area contributed by atoms with Gasteiger partial charge in [-0.2, -0.15) is 5.10 Å². The summed E-state index contributed by atoms with van der Waals surface area (Å²) >= 11 is 10.1. The van der Waals surface area contributed by atoms with Gasteiger partial charge in [0.25, 0.3) is 0 Å². The summed E-state index contributed by atoms with van der Waals surface area (Å²) in [5, 5.41) is 5.36. The maximum absolute atomic E-state index is 6.49. The van der Waals surface area contributed by atoms with Crippen LogP contribution in [0.5, 0.6) is 0 Å². The van der Waals surface area contributed by atoms with Gasteiger partial charge in [-0.3, -0.25) is 4.68 Å². The van der Waals surface area contributed by atoms with Crippen LogP contribution in [0, 0.1) is 13.8 Å². The summed E-state index contributed by atoms with van der Waals surface area (Å²) in [7, 11) is 1.91. The van der Waals surface area contributed by atoms with Crippen molar-refractivity contribution in [3.63, 3.8) is 0 Å². The summed E-state index contributed by atoms with van der Waals surface area (Å²) in [5.41, 5.74) is 4.76. The number of rotatable bonds is 6. The molecule has 0 aliphatic heterocycles. The van der Waals surface area contributed by atoms with Crippen molar-refractivity contribution in [1.29, 1.82) is 0 Å². The molecule has 0 atom stereocenters. The molecule has 0 aliphatic rings. The van der Waals surface area contributed by atoms with Crippen LogP contribution in [0.25, 0.3) is 0 Å². The Bertz CT molecular complexity index is 839. The highest BCUT2D eigenvalue weighted by Gasteiger charge is 2.15. The van der Waals surface area contributed by atoms with E-state index in [4.69, 9.17) is 11.6 Å². The van der Waals surface area contributed by atoms with E-state index in [1.807, 2.05) is 7.05 Å². The number of aromatic nitrogens is 2. The van der Waals surface area contributed by atoms with Crippen molar-refractivity contribution in [2.45, 2.75) is 35.1 Å². The molecule has 130 valence electrons. The first kappa shape index (κ1) is 18.4. The third kappa shape index (κ3) is 4.84. The molecule has 3 rings (SSSR count). The zero-order valence-electron chi connectivity index (χ0n) is 14.6. The number of hydrogen-bond acceptors (Lipinski definition) is 3. The SMILES string of the molecule is Cc1ccc(SCc2nn(C)c(Cl)c2CSc2ccc(C)cc2)cc1. The minimum absolute atomic E-state index is 0.735. The van der Waals surface area contributed by atoms with Gasteiger partial charge >= 0.3 is 0 Å². The van der Waals surface area contributed by atoms with Gasteiger partial charge in [0, 0.05) is 33.9 Å². The van der Waals surface area contributed by atoms with E-state index >= 15 is 0 Å². The van der Waals surface area contributed by atoms with Crippen LogP contribution in [-0.2, 0) is 18.6 Å². The number of aryl methyl sites for hydroxylation is 3. The molecule has 1 aromatic heterocycles. The molecule has 0 radical (unpaired) electrons. The number of nitrogens with zero attached hydrogens (tertiary/aromatic N) is 2. The first-order valence-electron chi connectivity index (χ1n) is 8.12. The number of halogens is 1. The molecular formula is C20H21ClN2S2. The summed E-state index contributed by atoms with van der Waals surface area (Å²) in [5.74, 6) is 1.66. The zero-order chi connectivity index (χ0) is 17.8. The molecule has 0 bridgehead atoms. The van der Waals surface area contributed by atoms with E-state index in [1.165, 1.54) is 20.9 Å². The first-order valence-corrected chi connectivity index (χ1v) is 10.5. The maximum atomic E-state index is 6.49. The van der Waals surface area contributed by atoms with Gasteiger partial charge in [0.05, 0.1) is 5.69 Å². The molecule has 1 heterocycles. The predicted octanol–water partition coefficient (Wildman–Crippen LogP) is 6.27. The zero-order valence-corrected chi connectivity index (χ0v) is 17.0. The number of thioether (sulfide) groups is 2. The second kappa shape index (κ2) is 8.35. The second-order valence-electron chi connectivity index (χ2n) is 6.04. The molecule has 0 spiro atoms. The van der Waals surface area contributed by atoms with E-state index in [-0.39, 0.29) is 0 Å².